The van der Waals surface area contributed by atoms with Crippen LogP contribution in [0.5, 0.6) is 0 Å². The summed E-state index contributed by atoms with van der Waals surface area (Å²) in [6.45, 7) is 3.50. The number of aliphatic imine (C=N–C) groups is 1. The van der Waals surface area contributed by atoms with Crippen LogP contribution in [0.4, 0.5) is 0 Å². The van der Waals surface area contributed by atoms with E-state index in [1.165, 1.54) is 18.6 Å². The van der Waals surface area contributed by atoms with Gasteiger partial charge in [-0.05, 0) is 25.5 Å². The summed E-state index contributed by atoms with van der Waals surface area (Å²) in [5.74, 6) is 2.93. The van der Waals surface area contributed by atoms with Crippen molar-refractivity contribution >= 4 is 41.7 Å². The highest BCUT2D eigenvalue weighted by atomic mass is 127. The molecule has 1 atom stereocenters. The van der Waals surface area contributed by atoms with Gasteiger partial charge in [-0.1, -0.05) is 5.16 Å². The Morgan fingerprint density at radius 3 is 3.00 bits per heavy atom. The van der Waals surface area contributed by atoms with Crippen LogP contribution in [0.15, 0.2) is 15.6 Å². The van der Waals surface area contributed by atoms with Crippen molar-refractivity contribution in [3.63, 3.8) is 0 Å². The normalized spacial score (nSPS) is 19.1. The van der Waals surface area contributed by atoms with Crippen molar-refractivity contribution in [3.8, 4) is 0 Å². The molecule has 1 saturated heterocycles. The van der Waals surface area contributed by atoms with Gasteiger partial charge in [-0.3, -0.25) is 4.99 Å². The number of halogens is 1. The van der Waals surface area contributed by atoms with Gasteiger partial charge in [-0.2, -0.15) is 11.8 Å². The maximum Gasteiger partial charge on any atom is 0.191 e. The van der Waals surface area contributed by atoms with Crippen LogP contribution in [-0.4, -0.2) is 35.7 Å². The number of nitrogens with zero attached hydrogens (tertiary/aromatic N) is 2. The number of guanidine groups is 1. The molecule has 0 aliphatic carbocycles. The summed E-state index contributed by atoms with van der Waals surface area (Å²) in [6.07, 6.45) is 2.64. The molecule has 2 heterocycles. The predicted octanol–water partition coefficient (Wildman–Crippen LogP) is 2.16. The summed E-state index contributed by atoms with van der Waals surface area (Å²) in [5, 5.41) is 11.1. The minimum Gasteiger partial charge on any atom is -0.359 e. The minimum atomic E-state index is 0. The molecule has 0 aromatic carbocycles. The smallest absolute Gasteiger partial charge is 0.191 e. The zero-order valence-electron chi connectivity index (χ0n) is 11.3. The molecule has 0 amide bonds. The average Bonchev–Trinajstić information content (AvgIpc) is 3.01. The molecule has 0 saturated carbocycles. The zero-order chi connectivity index (χ0) is 12.8. The van der Waals surface area contributed by atoms with E-state index in [-0.39, 0.29) is 24.0 Å². The molecule has 5 nitrogen and oxygen atoms in total. The van der Waals surface area contributed by atoms with Gasteiger partial charge in [0.15, 0.2) is 11.7 Å². The van der Waals surface area contributed by atoms with Crippen LogP contribution >= 0.6 is 35.7 Å². The van der Waals surface area contributed by atoms with Gasteiger partial charge >= 0.3 is 0 Å². The number of nitrogens with one attached hydrogen (secondary N) is 2. The molecule has 1 aliphatic heterocycles. The van der Waals surface area contributed by atoms with E-state index in [4.69, 9.17) is 4.52 Å². The molecule has 1 aromatic rings. The van der Waals surface area contributed by atoms with Crippen LogP contribution in [0.3, 0.4) is 0 Å². The summed E-state index contributed by atoms with van der Waals surface area (Å²) < 4.78 is 5.14. The van der Waals surface area contributed by atoms with E-state index >= 15 is 0 Å². The summed E-state index contributed by atoms with van der Waals surface area (Å²) in [5.41, 5.74) is 0.900. The Hall–Kier alpha value is -0.440. The lowest BCUT2D eigenvalue weighted by molar-refractivity contribution is 0.376. The Morgan fingerprint density at radius 2 is 2.42 bits per heavy atom. The number of rotatable bonds is 4. The van der Waals surface area contributed by atoms with Gasteiger partial charge in [0.25, 0.3) is 0 Å². The summed E-state index contributed by atoms with van der Waals surface area (Å²) in [7, 11) is 1.78. The molecule has 0 bridgehead atoms. The standard InChI is InChI=1S/C12H20N4OS.HI/c1-9-6-10(17-16-9)7-14-12(13-2)15-8-11-4-3-5-18-11;/h6,11H,3-5,7-8H2,1-2H3,(H2,13,14,15);1H. The fraction of sp³-hybridized carbons (Fsp3) is 0.667. The van der Waals surface area contributed by atoms with Gasteiger partial charge in [0.05, 0.1) is 12.2 Å². The SMILES string of the molecule is CN=C(NCc1cc(C)no1)NCC1CCCS1.I. The second kappa shape index (κ2) is 8.68. The molecule has 0 spiro atoms. The molecular formula is C12H21IN4OS. The van der Waals surface area contributed by atoms with Crippen molar-refractivity contribution in [2.45, 2.75) is 31.6 Å². The first-order chi connectivity index (χ1) is 8.78. The van der Waals surface area contributed by atoms with Gasteiger partial charge < -0.3 is 15.2 Å². The number of thioether (sulfide) groups is 1. The predicted molar refractivity (Wildman–Crippen MR) is 90.3 cm³/mol. The van der Waals surface area contributed by atoms with Crippen LogP contribution in [0.1, 0.15) is 24.3 Å². The highest BCUT2D eigenvalue weighted by Crippen LogP contribution is 2.25. The number of aryl methyl sites for hydroxylation is 1. The van der Waals surface area contributed by atoms with Crippen molar-refractivity contribution in [1.29, 1.82) is 0 Å². The molecule has 1 aromatic heterocycles. The average molecular weight is 396 g/mol. The first kappa shape index (κ1) is 16.6. The van der Waals surface area contributed by atoms with E-state index in [0.717, 1.165) is 29.2 Å². The number of hydrogen-bond acceptors (Lipinski definition) is 4. The third-order valence-electron chi connectivity index (χ3n) is 2.85. The van der Waals surface area contributed by atoms with Crippen molar-refractivity contribution in [3.05, 3.63) is 17.5 Å². The van der Waals surface area contributed by atoms with E-state index in [2.05, 4.69) is 20.8 Å². The van der Waals surface area contributed by atoms with Gasteiger partial charge in [0.1, 0.15) is 0 Å². The zero-order valence-corrected chi connectivity index (χ0v) is 14.5. The van der Waals surface area contributed by atoms with Crippen LogP contribution in [0, 0.1) is 6.92 Å². The van der Waals surface area contributed by atoms with Crippen molar-refractivity contribution in [1.82, 2.24) is 15.8 Å². The Bertz CT molecular complexity index is 404. The molecule has 108 valence electrons. The first-order valence-electron chi connectivity index (χ1n) is 6.26. The molecule has 1 aliphatic rings. The van der Waals surface area contributed by atoms with Crippen molar-refractivity contribution < 1.29 is 4.52 Å². The molecule has 19 heavy (non-hydrogen) atoms. The molecule has 2 N–H and O–H groups in total. The monoisotopic (exact) mass is 396 g/mol. The molecule has 2 rings (SSSR count). The van der Waals surface area contributed by atoms with Crippen LogP contribution in [0.25, 0.3) is 0 Å². The lowest BCUT2D eigenvalue weighted by Gasteiger charge is -2.13. The largest absolute Gasteiger partial charge is 0.359 e. The fourth-order valence-electron chi connectivity index (χ4n) is 1.91. The van der Waals surface area contributed by atoms with Gasteiger partial charge in [-0.15, -0.1) is 24.0 Å². The number of hydrogen-bond donors (Lipinski definition) is 2. The van der Waals surface area contributed by atoms with Gasteiger partial charge in [0, 0.05) is 24.9 Å². The van der Waals surface area contributed by atoms with Crippen molar-refractivity contribution in [2.75, 3.05) is 19.3 Å². The fourth-order valence-corrected chi connectivity index (χ4v) is 3.11. The van der Waals surface area contributed by atoms with Gasteiger partial charge in [-0.25, -0.2) is 0 Å². The second-order valence-corrected chi connectivity index (χ2v) is 5.78. The molecule has 1 fully saturated rings. The van der Waals surface area contributed by atoms with Crippen LogP contribution < -0.4 is 10.6 Å². The lowest BCUT2D eigenvalue weighted by atomic mass is 10.2. The van der Waals surface area contributed by atoms with E-state index in [9.17, 15) is 0 Å². The summed E-state index contributed by atoms with van der Waals surface area (Å²) in [4.78, 5) is 4.19. The molecular weight excluding hydrogens is 375 g/mol. The third kappa shape index (κ3) is 5.60. The first-order valence-corrected chi connectivity index (χ1v) is 7.31. The quantitative estimate of drug-likeness (QED) is 0.464. The molecule has 1 unspecified atom stereocenters. The Morgan fingerprint density at radius 1 is 1.58 bits per heavy atom. The second-order valence-electron chi connectivity index (χ2n) is 4.38. The third-order valence-corrected chi connectivity index (χ3v) is 4.25. The lowest BCUT2D eigenvalue weighted by Crippen LogP contribution is -2.39. The Kier molecular flexibility index (Phi) is 7.59. The van der Waals surface area contributed by atoms with E-state index in [1.807, 2.05) is 24.8 Å². The summed E-state index contributed by atoms with van der Waals surface area (Å²) >= 11 is 2.04. The summed E-state index contributed by atoms with van der Waals surface area (Å²) in [6, 6.07) is 1.92. The van der Waals surface area contributed by atoms with Crippen LogP contribution in [0.2, 0.25) is 0 Å². The Balaban J connectivity index is 0.00000180. The maximum absolute atomic E-state index is 5.14. The van der Waals surface area contributed by atoms with Crippen molar-refractivity contribution in [2.24, 2.45) is 4.99 Å². The molecule has 7 heteroatoms. The van der Waals surface area contributed by atoms with Crippen LogP contribution in [-0.2, 0) is 6.54 Å². The topological polar surface area (TPSA) is 62.5 Å². The van der Waals surface area contributed by atoms with E-state index in [1.54, 1.807) is 7.05 Å². The number of aromatic nitrogens is 1. The minimum absolute atomic E-state index is 0. The highest BCUT2D eigenvalue weighted by molar-refractivity contribution is 14.0. The van der Waals surface area contributed by atoms with Gasteiger partial charge in [0.2, 0.25) is 0 Å². The molecule has 0 radical (unpaired) electrons. The highest BCUT2D eigenvalue weighted by Gasteiger charge is 2.15. The van der Waals surface area contributed by atoms with E-state index < -0.39 is 0 Å². The Labute approximate surface area is 135 Å². The van der Waals surface area contributed by atoms with E-state index in [0.29, 0.717) is 6.54 Å². The maximum atomic E-state index is 5.14.